The largest absolute Gasteiger partial charge is 0.573 e. The van der Waals surface area contributed by atoms with Crippen LogP contribution >= 0.6 is 15.9 Å². The summed E-state index contributed by atoms with van der Waals surface area (Å²) in [5.41, 5.74) is 1.00. The van der Waals surface area contributed by atoms with Crippen LogP contribution < -0.4 is 9.47 Å². The number of hydrogen-bond acceptors (Lipinski definition) is 2. The van der Waals surface area contributed by atoms with Gasteiger partial charge >= 0.3 is 6.36 Å². The van der Waals surface area contributed by atoms with Crippen LogP contribution in [-0.2, 0) is 5.33 Å². The molecule has 0 amide bonds. The monoisotopic (exact) mass is 346 g/mol. The van der Waals surface area contributed by atoms with Gasteiger partial charge in [0.05, 0.1) is 0 Å². The molecule has 2 aromatic carbocycles. The first kappa shape index (κ1) is 14.7. The summed E-state index contributed by atoms with van der Waals surface area (Å²) < 4.78 is 45.7. The summed E-state index contributed by atoms with van der Waals surface area (Å²) in [5.74, 6) is 0.510. The predicted octanol–water partition coefficient (Wildman–Crippen LogP) is 5.27. The van der Waals surface area contributed by atoms with E-state index in [4.69, 9.17) is 4.74 Å². The molecule has 0 aliphatic heterocycles. The van der Waals surface area contributed by atoms with E-state index in [-0.39, 0.29) is 11.5 Å². The summed E-state index contributed by atoms with van der Waals surface area (Å²) in [5, 5.41) is 0.668. The molecule has 2 rings (SSSR count). The topological polar surface area (TPSA) is 18.5 Å². The summed E-state index contributed by atoms with van der Waals surface area (Å²) in [6.45, 7) is 0. The summed E-state index contributed by atoms with van der Waals surface area (Å²) in [6.07, 6.45) is -4.71. The molecule has 0 atom stereocenters. The molecule has 0 unspecified atom stereocenters. The van der Waals surface area contributed by atoms with E-state index < -0.39 is 6.36 Å². The van der Waals surface area contributed by atoms with Crippen LogP contribution in [0.15, 0.2) is 48.5 Å². The van der Waals surface area contributed by atoms with E-state index in [0.29, 0.717) is 11.1 Å². The molecule has 0 bridgehead atoms. The zero-order chi connectivity index (χ0) is 14.6. The molecule has 6 heteroatoms. The minimum atomic E-state index is -4.71. The van der Waals surface area contributed by atoms with Gasteiger partial charge in [-0.25, -0.2) is 0 Å². The Kier molecular flexibility index (Phi) is 4.54. The first-order valence-corrected chi connectivity index (χ1v) is 6.77. The van der Waals surface area contributed by atoms with Gasteiger partial charge < -0.3 is 9.47 Å². The van der Waals surface area contributed by atoms with Crippen molar-refractivity contribution in [1.82, 2.24) is 0 Å². The molecule has 0 heterocycles. The fraction of sp³-hybridized carbons (Fsp3) is 0.143. The van der Waals surface area contributed by atoms with Crippen molar-refractivity contribution in [3.05, 3.63) is 54.1 Å². The first-order chi connectivity index (χ1) is 9.46. The van der Waals surface area contributed by atoms with Crippen LogP contribution in [0.1, 0.15) is 5.56 Å². The summed E-state index contributed by atoms with van der Waals surface area (Å²) in [6, 6.07) is 12.6. The molecule has 0 aromatic heterocycles. The lowest BCUT2D eigenvalue weighted by atomic mass is 10.2. The highest BCUT2D eigenvalue weighted by atomic mass is 79.9. The molecule has 0 radical (unpaired) electrons. The van der Waals surface area contributed by atoms with Crippen molar-refractivity contribution >= 4 is 15.9 Å². The molecule has 0 saturated heterocycles. The van der Waals surface area contributed by atoms with Gasteiger partial charge in [-0.05, 0) is 29.8 Å². The van der Waals surface area contributed by atoms with Crippen molar-refractivity contribution in [2.45, 2.75) is 11.7 Å². The third-order valence-electron chi connectivity index (χ3n) is 2.33. The average Bonchev–Trinajstić information content (AvgIpc) is 2.37. The molecule has 2 aromatic rings. The molecule has 0 saturated carbocycles. The normalized spacial score (nSPS) is 11.2. The van der Waals surface area contributed by atoms with Crippen LogP contribution in [0.4, 0.5) is 13.2 Å². The van der Waals surface area contributed by atoms with Gasteiger partial charge in [0.25, 0.3) is 0 Å². The maximum absolute atomic E-state index is 12.1. The molecule has 20 heavy (non-hydrogen) atoms. The molecular weight excluding hydrogens is 337 g/mol. The standard InChI is InChI=1S/C14H10BrF3O2/c15-9-10-3-1-4-11(7-10)19-12-5-2-6-13(8-12)20-14(16,17)18/h1-8H,9H2. The van der Waals surface area contributed by atoms with E-state index in [1.807, 2.05) is 12.1 Å². The molecule has 0 aliphatic carbocycles. The molecular formula is C14H10BrF3O2. The van der Waals surface area contributed by atoms with Crippen molar-refractivity contribution in [3.8, 4) is 17.2 Å². The number of halogens is 4. The smallest absolute Gasteiger partial charge is 0.457 e. The highest BCUT2D eigenvalue weighted by Gasteiger charge is 2.31. The Morgan fingerprint density at radius 2 is 1.50 bits per heavy atom. The number of ether oxygens (including phenoxy) is 2. The van der Waals surface area contributed by atoms with E-state index in [1.54, 1.807) is 18.2 Å². The van der Waals surface area contributed by atoms with Crippen molar-refractivity contribution in [2.24, 2.45) is 0 Å². The Labute approximate surface area is 122 Å². The van der Waals surface area contributed by atoms with E-state index in [9.17, 15) is 13.2 Å². The number of rotatable bonds is 4. The Morgan fingerprint density at radius 3 is 2.15 bits per heavy atom. The highest BCUT2D eigenvalue weighted by Crippen LogP contribution is 2.29. The van der Waals surface area contributed by atoms with Gasteiger partial charge in [-0.2, -0.15) is 0 Å². The van der Waals surface area contributed by atoms with Crippen LogP contribution in [0.3, 0.4) is 0 Å². The third kappa shape index (κ3) is 4.45. The van der Waals surface area contributed by atoms with Gasteiger partial charge in [0.15, 0.2) is 0 Å². The first-order valence-electron chi connectivity index (χ1n) is 5.65. The highest BCUT2D eigenvalue weighted by molar-refractivity contribution is 9.08. The van der Waals surface area contributed by atoms with Crippen molar-refractivity contribution < 1.29 is 22.6 Å². The van der Waals surface area contributed by atoms with E-state index >= 15 is 0 Å². The second-order valence-electron chi connectivity index (χ2n) is 3.91. The third-order valence-corrected chi connectivity index (χ3v) is 2.98. The molecule has 2 nitrogen and oxygen atoms in total. The van der Waals surface area contributed by atoms with Gasteiger partial charge in [0, 0.05) is 11.4 Å². The van der Waals surface area contributed by atoms with Gasteiger partial charge in [-0.3, -0.25) is 0 Å². The van der Waals surface area contributed by atoms with Gasteiger partial charge in [0.1, 0.15) is 17.2 Å². The van der Waals surface area contributed by atoms with Gasteiger partial charge in [0.2, 0.25) is 0 Å². The maximum Gasteiger partial charge on any atom is 0.573 e. The predicted molar refractivity (Wildman–Crippen MR) is 72.3 cm³/mol. The minimum Gasteiger partial charge on any atom is -0.457 e. The molecule has 0 spiro atoms. The van der Waals surface area contributed by atoms with Crippen LogP contribution in [-0.4, -0.2) is 6.36 Å². The lowest BCUT2D eigenvalue weighted by Gasteiger charge is -2.11. The summed E-state index contributed by atoms with van der Waals surface area (Å²) in [4.78, 5) is 0. The quantitative estimate of drug-likeness (QED) is 0.702. The molecule has 0 aliphatic rings. The van der Waals surface area contributed by atoms with Crippen LogP contribution in [0.5, 0.6) is 17.2 Å². The number of alkyl halides is 4. The maximum atomic E-state index is 12.1. The Balaban J connectivity index is 2.15. The van der Waals surface area contributed by atoms with Crippen LogP contribution in [0.25, 0.3) is 0 Å². The SMILES string of the molecule is FC(F)(F)Oc1cccc(Oc2cccc(CBr)c2)c1. The van der Waals surface area contributed by atoms with E-state index in [2.05, 4.69) is 20.7 Å². The van der Waals surface area contributed by atoms with Crippen molar-refractivity contribution in [1.29, 1.82) is 0 Å². The molecule has 106 valence electrons. The second kappa shape index (κ2) is 6.17. The number of benzene rings is 2. The zero-order valence-corrected chi connectivity index (χ0v) is 11.7. The fourth-order valence-corrected chi connectivity index (χ4v) is 1.91. The lowest BCUT2D eigenvalue weighted by Crippen LogP contribution is -2.16. The zero-order valence-electron chi connectivity index (χ0n) is 10.2. The average molecular weight is 347 g/mol. The molecule has 0 fully saturated rings. The van der Waals surface area contributed by atoms with Gasteiger partial charge in [-0.1, -0.05) is 34.1 Å². The Bertz CT molecular complexity index is 585. The van der Waals surface area contributed by atoms with Crippen LogP contribution in [0, 0.1) is 0 Å². The summed E-state index contributed by atoms with van der Waals surface area (Å²) in [7, 11) is 0. The fourth-order valence-electron chi connectivity index (χ4n) is 1.56. The summed E-state index contributed by atoms with van der Waals surface area (Å²) >= 11 is 3.32. The van der Waals surface area contributed by atoms with Gasteiger partial charge in [-0.15, -0.1) is 13.2 Å². The number of hydrogen-bond donors (Lipinski definition) is 0. The van der Waals surface area contributed by atoms with Crippen LogP contribution in [0.2, 0.25) is 0 Å². The lowest BCUT2D eigenvalue weighted by molar-refractivity contribution is -0.274. The van der Waals surface area contributed by atoms with E-state index in [0.717, 1.165) is 5.56 Å². The van der Waals surface area contributed by atoms with Crippen molar-refractivity contribution in [3.63, 3.8) is 0 Å². The molecule has 0 N–H and O–H groups in total. The van der Waals surface area contributed by atoms with Crippen molar-refractivity contribution in [2.75, 3.05) is 0 Å². The Hall–Kier alpha value is -1.69. The Morgan fingerprint density at radius 1 is 0.900 bits per heavy atom. The second-order valence-corrected chi connectivity index (χ2v) is 4.47. The minimum absolute atomic E-state index is 0.276. The van der Waals surface area contributed by atoms with E-state index in [1.165, 1.54) is 18.2 Å².